The van der Waals surface area contributed by atoms with Crippen molar-refractivity contribution in [3.63, 3.8) is 0 Å². The van der Waals surface area contributed by atoms with Gasteiger partial charge < -0.3 is 20.1 Å². The fourth-order valence-electron chi connectivity index (χ4n) is 3.22. The molecule has 0 radical (unpaired) electrons. The third-order valence-electron chi connectivity index (χ3n) is 4.36. The van der Waals surface area contributed by atoms with Gasteiger partial charge in [-0.05, 0) is 62.0 Å². The van der Waals surface area contributed by atoms with Crippen LogP contribution in [0.15, 0.2) is 18.2 Å². The third kappa shape index (κ3) is 2.91. The summed E-state index contributed by atoms with van der Waals surface area (Å²) in [6, 6.07) is 6.23. The van der Waals surface area contributed by atoms with Gasteiger partial charge in [-0.25, -0.2) is 0 Å². The molecule has 110 valence electrons. The molecule has 2 aliphatic rings. The lowest BCUT2D eigenvalue weighted by Crippen LogP contribution is -2.41. The van der Waals surface area contributed by atoms with E-state index in [1.165, 1.54) is 31.5 Å². The summed E-state index contributed by atoms with van der Waals surface area (Å²) in [6.45, 7) is 6.85. The summed E-state index contributed by atoms with van der Waals surface area (Å²) in [6.07, 6.45) is 3.63. The van der Waals surface area contributed by atoms with E-state index in [4.69, 9.17) is 15.2 Å². The molecule has 1 aromatic rings. The first-order valence-electron chi connectivity index (χ1n) is 7.49. The number of fused-ring (bicyclic) bond motifs is 1. The highest BCUT2D eigenvalue weighted by atomic mass is 16.7. The first-order valence-corrected chi connectivity index (χ1v) is 7.49. The van der Waals surface area contributed by atoms with Crippen molar-refractivity contribution >= 4 is 0 Å². The predicted molar refractivity (Wildman–Crippen MR) is 79.1 cm³/mol. The maximum absolute atomic E-state index is 6.06. The smallest absolute Gasteiger partial charge is 0.231 e. The van der Waals surface area contributed by atoms with Gasteiger partial charge in [-0.15, -0.1) is 0 Å². The highest BCUT2D eigenvalue weighted by molar-refractivity contribution is 5.44. The number of hydrogen-bond acceptors (Lipinski definition) is 4. The average Bonchev–Trinajstić information content (AvgIpc) is 3.09. The van der Waals surface area contributed by atoms with Gasteiger partial charge in [-0.1, -0.05) is 13.0 Å². The molecule has 4 heteroatoms. The molecule has 2 N–H and O–H groups in total. The van der Waals surface area contributed by atoms with Crippen LogP contribution in [0.2, 0.25) is 0 Å². The summed E-state index contributed by atoms with van der Waals surface area (Å²) in [7, 11) is 0. The van der Waals surface area contributed by atoms with Crippen molar-refractivity contribution in [3.05, 3.63) is 23.8 Å². The Morgan fingerprint density at radius 1 is 1.20 bits per heavy atom. The fourth-order valence-corrected chi connectivity index (χ4v) is 3.22. The number of benzene rings is 1. The van der Waals surface area contributed by atoms with Gasteiger partial charge in [-0.2, -0.15) is 0 Å². The Morgan fingerprint density at radius 3 is 2.70 bits per heavy atom. The molecule has 1 atom stereocenters. The maximum Gasteiger partial charge on any atom is 0.231 e. The first kappa shape index (κ1) is 13.7. The van der Waals surface area contributed by atoms with Crippen LogP contribution in [0.3, 0.4) is 0 Å². The second kappa shape index (κ2) is 5.62. The first-order chi connectivity index (χ1) is 9.68. The average molecular weight is 276 g/mol. The zero-order chi connectivity index (χ0) is 14.0. The van der Waals surface area contributed by atoms with Crippen LogP contribution in [0.4, 0.5) is 0 Å². The van der Waals surface area contributed by atoms with Crippen molar-refractivity contribution in [1.29, 1.82) is 0 Å². The predicted octanol–water partition coefficient (Wildman–Crippen LogP) is 2.02. The Labute approximate surface area is 120 Å². The molecule has 4 nitrogen and oxygen atoms in total. The molecular formula is C16H24N2O2. The Kier molecular flexibility index (Phi) is 3.85. The second-order valence-electron chi connectivity index (χ2n) is 6.36. The lowest BCUT2D eigenvalue weighted by atomic mass is 9.83. The van der Waals surface area contributed by atoms with Crippen LogP contribution in [-0.2, 0) is 6.42 Å². The van der Waals surface area contributed by atoms with Crippen molar-refractivity contribution in [2.75, 3.05) is 33.0 Å². The lowest BCUT2D eigenvalue weighted by molar-refractivity contribution is 0.173. The molecule has 2 aliphatic heterocycles. The number of nitrogens with zero attached hydrogens (tertiary/aromatic N) is 1. The van der Waals surface area contributed by atoms with Crippen molar-refractivity contribution in [2.24, 2.45) is 11.1 Å². The van der Waals surface area contributed by atoms with Gasteiger partial charge in [0.2, 0.25) is 6.79 Å². The van der Waals surface area contributed by atoms with Crippen molar-refractivity contribution < 1.29 is 9.47 Å². The molecule has 1 aromatic carbocycles. The summed E-state index contributed by atoms with van der Waals surface area (Å²) < 4.78 is 10.8. The molecule has 2 heterocycles. The molecule has 1 unspecified atom stereocenters. The van der Waals surface area contributed by atoms with Crippen molar-refractivity contribution in [1.82, 2.24) is 4.90 Å². The van der Waals surface area contributed by atoms with Crippen molar-refractivity contribution in [2.45, 2.75) is 26.2 Å². The summed E-state index contributed by atoms with van der Waals surface area (Å²) in [5.41, 5.74) is 7.47. The largest absolute Gasteiger partial charge is 0.454 e. The highest BCUT2D eigenvalue weighted by Gasteiger charge is 2.28. The van der Waals surface area contributed by atoms with Crippen molar-refractivity contribution in [3.8, 4) is 11.5 Å². The van der Waals surface area contributed by atoms with E-state index in [1.54, 1.807) is 0 Å². The van der Waals surface area contributed by atoms with E-state index >= 15 is 0 Å². The molecule has 0 aliphatic carbocycles. The van der Waals surface area contributed by atoms with E-state index in [9.17, 15) is 0 Å². The Hall–Kier alpha value is -1.26. The monoisotopic (exact) mass is 276 g/mol. The molecule has 0 amide bonds. The van der Waals surface area contributed by atoms with E-state index in [0.717, 1.165) is 24.5 Å². The van der Waals surface area contributed by atoms with E-state index in [-0.39, 0.29) is 5.41 Å². The van der Waals surface area contributed by atoms with Gasteiger partial charge in [0.25, 0.3) is 0 Å². The summed E-state index contributed by atoms with van der Waals surface area (Å²) in [4.78, 5) is 2.54. The molecule has 0 spiro atoms. The van der Waals surface area contributed by atoms with Crippen LogP contribution < -0.4 is 15.2 Å². The van der Waals surface area contributed by atoms with E-state index in [0.29, 0.717) is 13.3 Å². The molecule has 20 heavy (non-hydrogen) atoms. The number of nitrogens with two attached hydrogens (primary N) is 1. The molecule has 1 fully saturated rings. The van der Waals surface area contributed by atoms with E-state index in [2.05, 4.69) is 24.0 Å². The minimum atomic E-state index is 0.123. The SMILES string of the molecule is CC(CN)(Cc1ccc2c(c1)OCO2)CN1CCCC1. The second-order valence-corrected chi connectivity index (χ2v) is 6.36. The zero-order valence-electron chi connectivity index (χ0n) is 12.2. The number of rotatable bonds is 5. The van der Waals surface area contributed by atoms with Crippen LogP contribution in [-0.4, -0.2) is 37.9 Å². The number of likely N-dealkylation sites (tertiary alicyclic amines) is 1. The lowest BCUT2D eigenvalue weighted by Gasteiger charge is -2.33. The minimum absolute atomic E-state index is 0.123. The fraction of sp³-hybridized carbons (Fsp3) is 0.625. The molecule has 0 saturated carbocycles. The van der Waals surface area contributed by atoms with Crippen LogP contribution in [0, 0.1) is 5.41 Å². The Balaban J connectivity index is 1.69. The Bertz CT molecular complexity index is 472. The molecular weight excluding hydrogens is 252 g/mol. The number of hydrogen-bond donors (Lipinski definition) is 1. The zero-order valence-corrected chi connectivity index (χ0v) is 12.2. The normalized spacial score (nSPS) is 21.1. The minimum Gasteiger partial charge on any atom is -0.454 e. The number of ether oxygens (including phenoxy) is 2. The standard InChI is InChI=1S/C16H24N2O2/c1-16(10-17,11-18-6-2-3-7-18)9-13-4-5-14-15(8-13)20-12-19-14/h4-5,8H,2-3,6-7,9-12,17H2,1H3. The van der Waals surface area contributed by atoms with Gasteiger partial charge in [0.15, 0.2) is 11.5 Å². The van der Waals surface area contributed by atoms with Gasteiger partial charge in [0.05, 0.1) is 0 Å². The topological polar surface area (TPSA) is 47.7 Å². The van der Waals surface area contributed by atoms with Gasteiger partial charge >= 0.3 is 0 Å². The summed E-state index contributed by atoms with van der Waals surface area (Å²) >= 11 is 0. The highest BCUT2D eigenvalue weighted by Crippen LogP contribution is 2.34. The molecule has 0 bridgehead atoms. The van der Waals surface area contributed by atoms with Gasteiger partial charge in [0, 0.05) is 6.54 Å². The van der Waals surface area contributed by atoms with Crippen LogP contribution in [0.1, 0.15) is 25.3 Å². The Morgan fingerprint density at radius 2 is 1.95 bits per heavy atom. The van der Waals surface area contributed by atoms with E-state index in [1.807, 2.05) is 6.07 Å². The maximum atomic E-state index is 6.06. The summed E-state index contributed by atoms with van der Waals surface area (Å²) in [5, 5.41) is 0. The van der Waals surface area contributed by atoms with Crippen LogP contribution >= 0.6 is 0 Å². The van der Waals surface area contributed by atoms with E-state index < -0.39 is 0 Å². The van der Waals surface area contributed by atoms with Gasteiger partial charge in [0.1, 0.15) is 0 Å². The molecule has 1 saturated heterocycles. The molecule has 3 rings (SSSR count). The van der Waals surface area contributed by atoms with Crippen LogP contribution in [0.25, 0.3) is 0 Å². The molecule has 0 aromatic heterocycles. The summed E-state index contributed by atoms with van der Waals surface area (Å²) in [5.74, 6) is 1.71. The quantitative estimate of drug-likeness (QED) is 0.894. The third-order valence-corrected chi connectivity index (χ3v) is 4.36. The van der Waals surface area contributed by atoms with Gasteiger partial charge in [-0.3, -0.25) is 0 Å². The van der Waals surface area contributed by atoms with Crippen LogP contribution in [0.5, 0.6) is 11.5 Å².